The summed E-state index contributed by atoms with van der Waals surface area (Å²) in [5.41, 5.74) is 2.69. The number of fused-ring (bicyclic) bond motifs is 3. The molecular weight excluding hydrogens is 360 g/mol. The first-order valence-electron chi connectivity index (χ1n) is 7.45. The molecule has 1 atom stereocenters. The van der Waals surface area contributed by atoms with Crippen molar-refractivity contribution in [2.45, 2.75) is 11.4 Å². The summed E-state index contributed by atoms with van der Waals surface area (Å²) in [6.07, 6.45) is 1.19. The fraction of sp³-hybridized carbons (Fsp3) is 0.118. The summed E-state index contributed by atoms with van der Waals surface area (Å²) in [5, 5.41) is 22.9. The molecule has 0 unspecified atom stereocenters. The molecule has 2 N–H and O–H groups in total. The zero-order valence-electron chi connectivity index (χ0n) is 13.1. The highest BCUT2D eigenvalue weighted by atomic mass is 35.5. The normalized spacial score (nSPS) is 15.4. The Balaban J connectivity index is 1.89. The van der Waals surface area contributed by atoms with E-state index in [4.69, 9.17) is 16.3 Å². The molecule has 126 valence electrons. The van der Waals surface area contributed by atoms with Crippen molar-refractivity contribution in [2.24, 2.45) is 0 Å². The molecule has 6 nitrogen and oxygen atoms in total. The number of phenolic OH excluding ortho intramolecular Hbond substituents is 1. The SMILES string of the molecule is CSc1nnc2c(n1)O[C@@H](c1cc(Cl)ccc1O)Nc1ccccc1-2. The topological polar surface area (TPSA) is 80.2 Å². The van der Waals surface area contributed by atoms with Crippen molar-refractivity contribution in [1.82, 2.24) is 15.2 Å². The average molecular weight is 373 g/mol. The van der Waals surface area contributed by atoms with Crippen LogP contribution in [0, 0.1) is 0 Å². The van der Waals surface area contributed by atoms with Crippen LogP contribution in [0.15, 0.2) is 47.6 Å². The Morgan fingerprint density at radius 2 is 2.04 bits per heavy atom. The third kappa shape index (κ3) is 2.96. The molecule has 0 fully saturated rings. The lowest BCUT2D eigenvalue weighted by molar-refractivity contribution is 0.220. The quantitative estimate of drug-likeness (QED) is 0.655. The van der Waals surface area contributed by atoms with Crippen LogP contribution in [-0.2, 0) is 0 Å². The zero-order chi connectivity index (χ0) is 17.4. The summed E-state index contributed by atoms with van der Waals surface area (Å²) >= 11 is 7.47. The molecule has 0 saturated heterocycles. The lowest BCUT2D eigenvalue weighted by Crippen LogP contribution is -2.17. The highest BCUT2D eigenvalue weighted by molar-refractivity contribution is 7.98. The minimum Gasteiger partial charge on any atom is -0.507 e. The molecule has 2 heterocycles. The molecule has 0 radical (unpaired) electrons. The van der Waals surface area contributed by atoms with E-state index in [0.717, 1.165) is 11.3 Å². The first kappa shape index (κ1) is 16.0. The molecule has 0 aliphatic carbocycles. The number of halogens is 1. The lowest BCUT2D eigenvalue weighted by Gasteiger charge is -2.20. The number of rotatable bonds is 2. The van der Waals surface area contributed by atoms with Crippen molar-refractivity contribution < 1.29 is 9.84 Å². The van der Waals surface area contributed by atoms with Crippen molar-refractivity contribution >= 4 is 29.1 Å². The molecule has 1 aliphatic rings. The van der Waals surface area contributed by atoms with Crippen molar-refractivity contribution in [3.05, 3.63) is 53.1 Å². The number of phenols is 1. The number of benzene rings is 2. The molecule has 0 bridgehead atoms. The second-order valence-corrected chi connectivity index (χ2v) is 6.55. The number of hydrogen-bond donors (Lipinski definition) is 2. The maximum atomic E-state index is 10.2. The van der Waals surface area contributed by atoms with Crippen LogP contribution in [0.2, 0.25) is 5.02 Å². The Labute approximate surface area is 153 Å². The highest BCUT2D eigenvalue weighted by Crippen LogP contribution is 2.41. The van der Waals surface area contributed by atoms with Gasteiger partial charge in [0.15, 0.2) is 5.69 Å². The Morgan fingerprint density at radius 1 is 1.20 bits per heavy atom. The maximum absolute atomic E-state index is 10.2. The molecule has 4 rings (SSSR count). The molecule has 25 heavy (non-hydrogen) atoms. The minimum atomic E-state index is -0.674. The number of ether oxygens (including phenoxy) is 1. The summed E-state index contributed by atoms with van der Waals surface area (Å²) < 4.78 is 6.05. The fourth-order valence-corrected chi connectivity index (χ4v) is 3.09. The third-order valence-corrected chi connectivity index (χ3v) is 4.56. The van der Waals surface area contributed by atoms with E-state index in [0.29, 0.717) is 27.3 Å². The van der Waals surface area contributed by atoms with Crippen LogP contribution >= 0.6 is 23.4 Å². The van der Waals surface area contributed by atoms with E-state index in [9.17, 15) is 5.11 Å². The van der Waals surface area contributed by atoms with Crippen LogP contribution in [0.25, 0.3) is 11.3 Å². The van der Waals surface area contributed by atoms with E-state index in [1.807, 2.05) is 30.5 Å². The summed E-state index contributed by atoms with van der Waals surface area (Å²) in [7, 11) is 0. The minimum absolute atomic E-state index is 0.0786. The number of para-hydroxylation sites is 1. The molecule has 8 heteroatoms. The molecule has 0 amide bonds. The largest absolute Gasteiger partial charge is 0.507 e. The van der Waals surface area contributed by atoms with Gasteiger partial charge in [0.1, 0.15) is 5.75 Å². The van der Waals surface area contributed by atoms with E-state index in [2.05, 4.69) is 20.5 Å². The predicted octanol–water partition coefficient (Wildman–Crippen LogP) is 4.12. The number of hydrogen-bond acceptors (Lipinski definition) is 7. The molecule has 0 spiro atoms. The monoisotopic (exact) mass is 372 g/mol. The van der Waals surface area contributed by atoms with Crippen molar-refractivity contribution in [1.29, 1.82) is 0 Å². The van der Waals surface area contributed by atoms with Gasteiger partial charge in [-0.3, -0.25) is 0 Å². The molecular formula is C17H13ClN4O2S. The highest BCUT2D eigenvalue weighted by Gasteiger charge is 2.27. The maximum Gasteiger partial charge on any atom is 0.247 e. The molecule has 2 aromatic carbocycles. The molecule has 0 saturated carbocycles. The Kier molecular flexibility index (Phi) is 4.10. The van der Waals surface area contributed by atoms with E-state index < -0.39 is 6.23 Å². The van der Waals surface area contributed by atoms with E-state index in [1.165, 1.54) is 17.8 Å². The third-order valence-electron chi connectivity index (χ3n) is 3.79. The Hall–Kier alpha value is -2.51. The fourth-order valence-electron chi connectivity index (χ4n) is 2.61. The van der Waals surface area contributed by atoms with Gasteiger partial charge in [-0.15, -0.1) is 10.2 Å². The van der Waals surface area contributed by atoms with Gasteiger partial charge in [0.05, 0.1) is 5.56 Å². The standard InChI is InChI=1S/C17H13ClN4O2S/c1-25-17-20-16-14(21-22-17)10-4-2-3-5-12(10)19-15(24-16)11-8-9(18)6-7-13(11)23/h2-8,15,19,23H,1H3/t15-/m0/s1. The lowest BCUT2D eigenvalue weighted by atomic mass is 10.1. The smallest absolute Gasteiger partial charge is 0.247 e. The number of nitrogens with one attached hydrogen (secondary N) is 1. The predicted molar refractivity (Wildman–Crippen MR) is 97.2 cm³/mol. The first-order valence-corrected chi connectivity index (χ1v) is 9.05. The Bertz CT molecular complexity index is 954. The second-order valence-electron chi connectivity index (χ2n) is 5.34. The van der Waals surface area contributed by atoms with Crippen LogP contribution in [0.3, 0.4) is 0 Å². The van der Waals surface area contributed by atoms with E-state index in [1.54, 1.807) is 12.1 Å². The van der Waals surface area contributed by atoms with Crippen molar-refractivity contribution in [3.8, 4) is 22.9 Å². The van der Waals surface area contributed by atoms with Gasteiger partial charge in [-0.25, -0.2) is 0 Å². The summed E-state index contributed by atoms with van der Waals surface area (Å²) in [5.74, 6) is 0.427. The van der Waals surface area contributed by atoms with Crippen molar-refractivity contribution in [3.63, 3.8) is 0 Å². The van der Waals surface area contributed by atoms with Crippen LogP contribution in [0.1, 0.15) is 11.8 Å². The van der Waals surface area contributed by atoms with Gasteiger partial charge >= 0.3 is 0 Å². The first-order chi connectivity index (χ1) is 12.2. The zero-order valence-corrected chi connectivity index (χ0v) is 14.7. The summed E-state index contributed by atoms with van der Waals surface area (Å²) in [6.45, 7) is 0. The van der Waals surface area contributed by atoms with Crippen LogP contribution in [0.4, 0.5) is 5.69 Å². The Morgan fingerprint density at radius 3 is 2.88 bits per heavy atom. The van der Waals surface area contributed by atoms with Gasteiger partial charge in [0.2, 0.25) is 17.3 Å². The number of anilines is 1. The second kappa shape index (κ2) is 6.42. The van der Waals surface area contributed by atoms with Gasteiger partial charge in [-0.1, -0.05) is 41.6 Å². The molecule has 1 aliphatic heterocycles. The van der Waals surface area contributed by atoms with E-state index in [-0.39, 0.29) is 5.75 Å². The van der Waals surface area contributed by atoms with Crippen LogP contribution < -0.4 is 10.1 Å². The van der Waals surface area contributed by atoms with Gasteiger partial charge < -0.3 is 15.2 Å². The van der Waals surface area contributed by atoms with Crippen LogP contribution in [-0.4, -0.2) is 26.5 Å². The van der Waals surface area contributed by atoms with Gasteiger partial charge in [-0.2, -0.15) is 4.98 Å². The van der Waals surface area contributed by atoms with E-state index >= 15 is 0 Å². The average Bonchev–Trinajstić information content (AvgIpc) is 2.79. The van der Waals surface area contributed by atoms with Gasteiger partial charge in [0.25, 0.3) is 0 Å². The summed E-state index contributed by atoms with van der Waals surface area (Å²) in [4.78, 5) is 4.43. The molecule has 1 aromatic heterocycles. The number of nitrogens with zero attached hydrogens (tertiary/aromatic N) is 3. The number of aromatic nitrogens is 3. The van der Waals surface area contributed by atoms with Crippen LogP contribution in [0.5, 0.6) is 11.6 Å². The van der Waals surface area contributed by atoms with Gasteiger partial charge in [-0.05, 0) is 30.5 Å². The van der Waals surface area contributed by atoms with Crippen molar-refractivity contribution in [2.75, 3.05) is 11.6 Å². The molecule has 3 aromatic rings. The number of thioether (sulfide) groups is 1. The summed E-state index contributed by atoms with van der Waals surface area (Å²) in [6, 6.07) is 12.5. The number of aromatic hydroxyl groups is 1. The van der Waals surface area contributed by atoms with Gasteiger partial charge in [0, 0.05) is 16.3 Å².